The topological polar surface area (TPSA) is 103 Å². The zero-order valence-corrected chi connectivity index (χ0v) is 8.86. The number of hydrogen-bond acceptors (Lipinski definition) is 6. The molecular formula is C8H8F3N5O2. The van der Waals surface area contributed by atoms with E-state index in [-0.39, 0.29) is 17.5 Å². The molecule has 0 aromatic carbocycles. The van der Waals surface area contributed by atoms with Crippen LogP contribution in [0.3, 0.4) is 0 Å². The van der Waals surface area contributed by atoms with Gasteiger partial charge in [-0.3, -0.25) is 5.10 Å². The predicted molar refractivity (Wildman–Crippen MR) is 52.0 cm³/mol. The molecule has 7 nitrogen and oxygen atoms in total. The molecule has 0 amide bonds. The maximum Gasteiger partial charge on any atom is 0.411 e. The highest BCUT2D eigenvalue weighted by Crippen LogP contribution is 2.17. The average Bonchev–Trinajstić information content (AvgIpc) is 2.85. The van der Waals surface area contributed by atoms with E-state index in [9.17, 15) is 13.2 Å². The minimum absolute atomic E-state index is 0.00224. The van der Waals surface area contributed by atoms with Crippen molar-refractivity contribution >= 4 is 5.82 Å². The molecule has 0 saturated heterocycles. The van der Waals surface area contributed by atoms with Crippen molar-refractivity contribution in [2.24, 2.45) is 0 Å². The first-order valence-electron chi connectivity index (χ1n) is 4.72. The minimum atomic E-state index is -4.38. The number of halogens is 3. The molecule has 0 aliphatic rings. The molecule has 0 radical (unpaired) electrons. The average molecular weight is 263 g/mol. The smallest absolute Gasteiger partial charge is 0.382 e. The first-order valence-corrected chi connectivity index (χ1v) is 4.72. The SMILES string of the molecule is Nc1cc(-c2nc(COCC(F)(F)F)no2)[nH]n1. The van der Waals surface area contributed by atoms with E-state index in [0.29, 0.717) is 5.69 Å². The van der Waals surface area contributed by atoms with E-state index >= 15 is 0 Å². The van der Waals surface area contributed by atoms with E-state index in [1.54, 1.807) is 0 Å². The number of nitrogens with zero attached hydrogens (tertiary/aromatic N) is 3. The Hall–Kier alpha value is -2.10. The van der Waals surface area contributed by atoms with Gasteiger partial charge in [0.15, 0.2) is 5.82 Å². The predicted octanol–water partition coefficient (Wildman–Crippen LogP) is 1.12. The molecule has 0 saturated carbocycles. The molecule has 0 bridgehead atoms. The van der Waals surface area contributed by atoms with Crippen molar-refractivity contribution in [3.05, 3.63) is 11.9 Å². The van der Waals surface area contributed by atoms with Crippen LogP contribution in [0.25, 0.3) is 11.6 Å². The fourth-order valence-corrected chi connectivity index (χ4v) is 1.13. The third kappa shape index (κ3) is 3.20. The van der Waals surface area contributed by atoms with Crippen molar-refractivity contribution in [1.82, 2.24) is 20.3 Å². The van der Waals surface area contributed by atoms with E-state index in [1.165, 1.54) is 6.07 Å². The van der Waals surface area contributed by atoms with Gasteiger partial charge in [0.05, 0.1) is 0 Å². The number of nitrogens with two attached hydrogens (primary N) is 1. The summed E-state index contributed by atoms with van der Waals surface area (Å²) in [5.74, 6) is 0.310. The molecule has 10 heteroatoms. The van der Waals surface area contributed by atoms with Crippen molar-refractivity contribution in [1.29, 1.82) is 0 Å². The van der Waals surface area contributed by atoms with Gasteiger partial charge in [-0.25, -0.2) is 0 Å². The van der Waals surface area contributed by atoms with Gasteiger partial charge in [0.1, 0.15) is 24.7 Å². The second kappa shape index (κ2) is 4.64. The van der Waals surface area contributed by atoms with Gasteiger partial charge in [0, 0.05) is 6.07 Å². The van der Waals surface area contributed by atoms with Crippen molar-refractivity contribution in [2.45, 2.75) is 12.8 Å². The van der Waals surface area contributed by atoms with E-state index in [1.807, 2.05) is 0 Å². The van der Waals surface area contributed by atoms with Crippen molar-refractivity contribution in [2.75, 3.05) is 12.3 Å². The summed E-state index contributed by atoms with van der Waals surface area (Å²) < 4.78 is 44.6. The largest absolute Gasteiger partial charge is 0.411 e. The molecule has 0 atom stereocenters. The number of aromatic nitrogens is 4. The van der Waals surface area contributed by atoms with Crippen molar-refractivity contribution < 1.29 is 22.4 Å². The Kier molecular flexibility index (Phi) is 3.19. The number of hydrogen-bond donors (Lipinski definition) is 2. The Morgan fingerprint density at radius 3 is 2.83 bits per heavy atom. The Balaban J connectivity index is 1.94. The molecule has 0 spiro atoms. The molecule has 2 heterocycles. The minimum Gasteiger partial charge on any atom is -0.382 e. The molecule has 3 N–H and O–H groups in total. The van der Waals surface area contributed by atoms with Gasteiger partial charge in [0.2, 0.25) is 0 Å². The third-order valence-corrected chi connectivity index (χ3v) is 1.79. The van der Waals surface area contributed by atoms with Crippen LogP contribution in [0.15, 0.2) is 10.6 Å². The number of rotatable bonds is 4. The van der Waals surface area contributed by atoms with Crippen LogP contribution in [0.1, 0.15) is 5.82 Å². The standard InChI is InChI=1S/C8H8F3N5O2/c9-8(10,11)3-17-2-6-13-7(18-16-6)4-1-5(12)15-14-4/h1H,2-3H2,(H3,12,14,15). The lowest BCUT2D eigenvalue weighted by Crippen LogP contribution is -2.16. The highest BCUT2D eigenvalue weighted by molar-refractivity contribution is 5.51. The van der Waals surface area contributed by atoms with E-state index in [0.717, 1.165) is 0 Å². The number of H-pyrrole nitrogens is 1. The molecular weight excluding hydrogens is 255 g/mol. The van der Waals surface area contributed by atoms with E-state index < -0.39 is 19.4 Å². The maximum atomic E-state index is 11.8. The molecule has 2 aromatic heterocycles. The highest BCUT2D eigenvalue weighted by atomic mass is 19.4. The summed E-state index contributed by atoms with van der Waals surface area (Å²) in [6, 6.07) is 1.45. The van der Waals surface area contributed by atoms with Crippen LogP contribution in [0.2, 0.25) is 0 Å². The first-order chi connectivity index (χ1) is 8.44. The summed E-state index contributed by atoms with van der Waals surface area (Å²) in [4.78, 5) is 3.82. The molecule has 98 valence electrons. The zero-order valence-electron chi connectivity index (χ0n) is 8.86. The lowest BCUT2D eigenvalue weighted by Gasteiger charge is -2.04. The number of aromatic amines is 1. The zero-order chi connectivity index (χ0) is 13.2. The summed E-state index contributed by atoms with van der Waals surface area (Å²) in [5.41, 5.74) is 5.75. The molecule has 0 unspecified atom stereocenters. The molecule has 0 aliphatic heterocycles. The normalized spacial score (nSPS) is 11.9. The number of nitrogens with one attached hydrogen (secondary N) is 1. The lowest BCUT2D eigenvalue weighted by molar-refractivity contribution is -0.177. The second-order valence-electron chi connectivity index (χ2n) is 3.33. The first kappa shape index (κ1) is 12.4. The summed E-state index contributed by atoms with van der Waals surface area (Å²) in [6.45, 7) is -1.76. The Morgan fingerprint density at radius 2 is 2.22 bits per heavy atom. The summed E-state index contributed by atoms with van der Waals surface area (Å²) in [6.07, 6.45) is -4.38. The van der Waals surface area contributed by atoms with Crippen LogP contribution >= 0.6 is 0 Å². The Morgan fingerprint density at radius 1 is 1.44 bits per heavy atom. The van der Waals surface area contributed by atoms with Gasteiger partial charge >= 0.3 is 6.18 Å². The molecule has 2 rings (SSSR count). The van der Waals surface area contributed by atoms with Gasteiger partial charge in [-0.15, -0.1) is 0 Å². The van der Waals surface area contributed by atoms with Crippen LogP contribution in [-0.2, 0) is 11.3 Å². The maximum absolute atomic E-state index is 11.8. The van der Waals surface area contributed by atoms with Crippen LogP contribution in [0, 0.1) is 0 Å². The van der Waals surface area contributed by atoms with Gasteiger partial charge in [-0.05, 0) is 0 Å². The van der Waals surface area contributed by atoms with Gasteiger partial charge in [-0.2, -0.15) is 23.3 Å². The monoisotopic (exact) mass is 263 g/mol. The van der Waals surface area contributed by atoms with Crippen molar-refractivity contribution in [3.63, 3.8) is 0 Å². The van der Waals surface area contributed by atoms with Crippen LogP contribution in [0.5, 0.6) is 0 Å². The summed E-state index contributed by atoms with van der Waals surface area (Å²) in [7, 11) is 0. The summed E-state index contributed by atoms with van der Waals surface area (Å²) >= 11 is 0. The van der Waals surface area contributed by atoms with Crippen LogP contribution in [0.4, 0.5) is 19.0 Å². The molecule has 0 fully saturated rings. The number of nitrogen functional groups attached to an aromatic ring is 1. The number of anilines is 1. The number of alkyl halides is 3. The quantitative estimate of drug-likeness (QED) is 0.856. The van der Waals surface area contributed by atoms with E-state index in [2.05, 4.69) is 25.1 Å². The van der Waals surface area contributed by atoms with Crippen LogP contribution in [-0.4, -0.2) is 33.1 Å². The lowest BCUT2D eigenvalue weighted by atomic mass is 10.4. The van der Waals surface area contributed by atoms with Gasteiger partial charge < -0.3 is 15.0 Å². The number of ether oxygens (including phenoxy) is 1. The third-order valence-electron chi connectivity index (χ3n) is 1.79. The Labute approximate surface area is 98.1 Å². The molecule has 0 aliphatic carbocycles. The fraction of sp³-hybridized carbons (Fsp3) is 0.375. The fourth-order valence-electron chi connectivity index (χ4n) is 1.13. The van der Waals surface area contributed by atoms with Crippen molar-refractivity contribution in [3.8, 4) is 11.6 Å². The van der Waals surface area contributed by atoms with E-state index in [4.69, 9.17) is 10.3 Å². The van der Waals surface area contributed by atoms with Gasteiger partial charge in [0.25, 0.3) is 5.89 Å². The Bertz CT molecular complexity index is 521. The highest BCUT2D eigenvalue weighted by Gasteiger charge is 2.27. The van der Waals surface area contributed by atoms with Gasteiger partial charge in [-0.1, -0.05) is 5.16 Å². The molecule has 2 aromatic rings. The molecule has 18 heavy (non-hydrogen) atoms. The summed E-state index contributed by atoms with van der Waals surface area (Å²) in [5, 5.41) is 9.62. The van der Waals surface area contributed by atoms with Crippen LogP contribution < -0.4 is 5.73 Å². The second-order valence-corrected chi connectivity index (χ2v) is 3.33.